The molecule has 1 aliphatic carbocycles. The lowest BCUT2D eigenvalue weighted by Gasteiger charge is -2.26. The first kappa shape index (κ1) is 19.0. The van der Waals surface area contributed by atoms with Crippen LogP contribution in [0.15, 0.2) is 4.99 Å². The number of ether oxygens (including phenoxy) is 1. The van der Waals surface area contributed by atoms with Gasteiger partial charge in [0.25, 0.3) is 0 Å². The van der Waals surface area contributed by atoms with Gasteiger partial charge in [0.1, 0.15) is 0 Å². The molecule has 0 aromatic carbocycles. The maximum atomic E-state index is 5.36. The van der Waals surface area contributed by atoms with E-state index in [0.717, 1.165) is 58.3 Å². The summed E-state index contributed by atoms with van der Waals surface area (Å²) in [5, 5.41) is 6.91. The molecule has 2 aliphatic rings. The summed E-state index contributed by atoms with van der Waals surface area (Å²) in [4.78, 5) is 7.17. The van der Waals surface area contributed by atoms with Crippen LogP contribution in [-0.4, -0.2) is 62.8 Å². The van der Waals surface area contributed by atoms with E-state index in [4.69, 9.17) is 9.73 Å². The van der Waals surface area contributed by atoms with Crippen molar-refractivity contribution in [1.82, 2.24) is 15.5 Å². The molecule has 0 atom stereocenters. The van der Waals surface area contributed by atoms with Crippen molar-refractivity contribution in [3.8, 4) is 0 Å². The Morgan fingerprint density at radius 3 is 2.62 bits per heavy atom. The van der Waals surface area contributed by atoms with Crippen LogP contribution in [0.3, 0.4) is 0 Å². The number of nitrogens with one attached hydrogen (secondary N) is 2. The average molecular weight is 410 g/mol. The van der Waals surface area contributed by atoms with Crippen LogP contribution in [0.25, 0.3) is 0 Å². The predicted octanol–water partition coefficient (Wildman–Crippen LogP) is 1.82. The van der Waals surface area contributed by atoms with Gasteiger partial charge >= 0.3 is 0 Å². The summed E-state index contributed by atoms with van der Waals surface area (Å²) >= 11 is 0. The molecule has 124 valence electrons. The zero-order valence-electron chi connectivity index (χ0n) is 13.3. The second-order valence-electron chi connectivity index (χ2n) is 5.69. The SMILES string of the molecule is CCNC(=NCCCN1CCOCC1)NC1CCCC1.I. The second-order valence-corrected chi connectivity index (χ2v) is 5.69. The van der Waals surface area contributed by atoms with Gasteiger partial charge in [-0.1, -0.05) is 12.8 Å². The quantitative estimate of drug-likeness (QED) is 0.304. The van der Waals surface area contributed by atoms with Crippen molar-refractivity contribution in [2.45, 2.75) is 45.1 Å². The first-order valence-electron chi connectivity index (χ1n) is 8.23. The molecular formula is C15H31IN4O. The Labute approximate surface area is 146 Å². The van der Waals surface area contributed by atoms with Crippen LogP contribution in [0.1, 0.15) is 39.0 Å². The molecule has 0 amide bonds. The van der Waals surface area contributed by atoms with Gasteiger partial charge in [0.2, 0.25) is 0 Å². The van der Waals surface area contributed by atoms with Gasteiger partial charge in [0, 0.05) is 38.8 Å². The van der Waals surface area contributed by atoms with Crippen LogP contribution >= 0.6 is 24.0 Å². The molecule has 0 unspecified atom stereocenters. The minimum absolute atomic E-state index is 0. The molecule has 0 aromatic heterocycles. The average Bonchev–Trinajstić information content (AvgIpc) is 2.98. The molecule has 2 fully saturated rings. The summed E-state index contributed by atoms with van der Waals surface area (Å²) in [6, 6.07) is 0.632. The number of hydrogen-bond donors (Lipinski definition) is 2. The Morgan fingerprint density at radius 1 is 1.24 bits per heavy atom. The predicted molar refractivity (Wildman–Crippen MR) is 98.7 cm³/mol. The zero-order valence-corrected chi connectivity index (χ0v) is 15.6. The molecule has 0 bridgehead atoms. The van der Waals surface area contributed by atoms with Gasteiger partial charge < -0.3 is 15.4 Å². The molecule has 0 aromatic rings. The largest absolute Gasteiger partial charge is 0.379 e. The third-order valence-electron chi connectivity index (χ3n) is 4.05. The maximum Gasteiger partial charge on any atom is 0.191 e. The molecule has 1 aliphatic heterocycles. The fraction of sp³-hybridized carbons (Fsp3) is 0.933. The van der Waals surface area contributed by atoms with Crippen LogP contribution in [0.2, 0.25) is 0 Å². The summed E-state index contributed by atoms with van der Waals surface area (Å²) in [6.07, 6.45) is 6.42. The Bertz CT molecular complexity index is 289. The highest BCUT2D eigenvalue weighted by molar-refractivity contribution is 14.0. The van der Waals surface area contributed by atoms with Gasteiger partial charge in [-0.15, -0.1) is 24.0 Å². The van der Waals surface area contributed by atoms with Crippen LogP contribution in [0, 0.1) is 0 Å². The van der Waals surface area contributed by atoms with E-state index in [-0.39, 0.29) is 24.0 Å². The Kier molecular flexibility index (Phi) is 10.4. The Balaban J connectivity index is 0.00000220. The Morgan fingerprint density at radius 2 is 1.95 bits per heavy atom. The van der Waals surface area contributed by atoms with Crippen LogP contribution in [0.4, 0.5) is 0 Å². The van der Waals surface area contributed by atoms with Crippen molar-refractivity contribution >= 4 is 29.9 Å². The number of hydrogen-bond acceptors (Lipinski definition) is 3. The molecule has 21 heavy (non-hydrogen) atoms. The fourth-order valence-corrected chi connectivity index (χ4v) is 2.89. The lowest BCUT2D eigenvalue weighted by Crippen LogP contribution is -2.42. The number of aliphatic imine (C=N–C) groups is 1. The first-order valence-corrected chi connectivity index (χ1v) is 8.23. The van der Waals surface area contributed by atoms with Gasteiger partial charge in [-0.3, -0.25) is 9.89 Å². The fourth-order valence-electron chi connectivity index (χ4n) is 2.89. The van der Waals surface area contributed by atoms with Gasteiger partial charge in [0.15, 0.2) is 5.96 Å². The smallest absolute Gasteiger partial charge is 0.191 e. The highest BCUT2D eigenvalue weighted by Gasteiger charge is 2.15. The summed E-state index contributed by atoms with van der Waals surface area (Å²) in [6.45, 7) is 9.01. The van der Waals surface area contributed by atoms with E-state index in [1.54, 1.807) is 0 Å². The summed E-state index contributed by atoms with van der Waals surface area (Å²) in [7, 11) is 0. The van der Waals surface area contributed by atoms with E-state index in [9.17, 15) is 0 Å². The van der Waals surface area contributed by atoms with Crippen molar-refractivity contribution in [1.29, 1.82) is 0 Å². The second kappa shape index (κ2) is 11.5. The minimum atomic E-state index is 0. The van der Waals surface area contributed by atoms with E-state index in [0.29, 0.717) is 6.04 Å². The van der Waals surface area contributed by atoms with Gasteiger partial charge in [-0.25, -0.2) is 0 Å². The third-order valence-corrected chi connectivity index (χ3v) is 4.05. The third kappa shape index (κ3) is 7.65. The molecule has 1 heterocycles. The molecule has 5 nitrogen and oxygen atoms in total. The number of morpholine rings is 1. The van der Waals surface area contributed by atoms with Crippen molar-refractivity contribution in [2.75, 3.05) is 45.9 Å². The maximum absolute atomic E-state index is 5.36. The summed E-state index contributed by atoms with van der Waals surface area (Å²) < 4.78 is 5.36. The van der Waals surface area contributed by atoms with Crippen molar-refractivity contribution < 1.29 is 4.74 Å². The van der Waals surface area contributed by atoms with Crippen molar-refractivity contribution in [3.05, 3.63) is 0 Å². The van der Waals surface area contributed by atoms with E-state index in [2.05, 4.69) is 22.5 Å². The minimum Gasteiger partial charge on any atom is -0.379 e. The molecule has 6 heteroatoms. The topological polar surface area (TPSA) is 48.9 Å². The molecular weight excluding hydrogens is 379 g/mol. The number of halogens is 1. The Hall–Kier alpha value is -0.0800. The molecule has 0 radical (unpaired) electrons. The number of nitrogens with zero attached hydrogens (tertiary/aromatic N) is 2. The van der Waals surface area contributed by atoms with Gasteiger partial charge in [-0.05, 0) is 26.2 Å². The van der Waals surface area contributed by atoms with Crippen molar-refractivity contribution in [2.24, 2.45) is 4.99 Å². The molecule has 2 rings (SSSR count). The summed E-state index contributed by atoms with van der Waals surface area (Å²) in [5.74, 6) is 1.00. The summed E-state index contributed by atoms with van der Waals surface area (Å²) in [5.41, 5.74) is 0. The zero-order chi connectivity index (χ0) is 14.0. The highest BCUT2D eigenvalue weighted by atomic mass is 127. The standard InChI is InChI=1S/C15H30N4O.HI/c1-2-16-15(18-14-6-3-4-7-14)17-8-5-9-19-10-12-20-13-11-19;/h14H,2-13H2,1H3,(H2,16,17,18);1H. The number of rotatable bonds is 6. The van der Waals surface area contributed by atoms with Gasteiger partial charge in [0.05, 0.1) is 13.2 Å². The van der Waals surface area contributed by atoms with E-state index in [1.165, 1.54) is 25.7 Å². The molecule has 1 saturated heterocycles. The lowest BCUT2D eigenvalue weighted by molar-refractivity contribution is 0.0377. The van der Waals surface area contributed by atoms with E-state index < -0.39 is 0 Å². The van der Waals surface area contributed by atoms with Crippen LogP contribution in [-0.2, 0) is 4.74 Å². The van der Waals surface area contributed by atoms with E-state index in [1.807, 2.05) is 0 Å². The number of guanidine groups is 1. The van der Waals surface area contributed by atoms with Crippen molar-refractivity contribution in [3.63, 3.8) is 0 Å². The molecule has 1 saturated carbocycles. The lowest BCUT2D eigenvalue weighted by atomic mass is 10.2. The van der Waals surface area contributed by atoms with Crippen LogP contribution < -0.4 is 10.6 Å². The van der Waals surface area contributed by atoms with Crippen LogP contribution in [0.5, 0.6) is 0 Å². The van der Waals surface area contributed by atoms with Gasteiger partial charge in [-0.2, -0.15) is 0 Å². The highest BCUT2D eigenvalue weighted by Crippen LogP contribution is 2.17. The normalized spacial score (nSPS) is 21.1. The monoisotopic (exact) mass is 410 g/mol. The first-order chi connectivity index (χ1) is 9.88. The molecule has 2 N–H and O–H groups in total. The van der Waals surface area contributed by atoms with E-state index >= 15 is 0 Å². The molecule has 0 spiro atoms.